The van der Waals surface area contributed by atoms with Crippen LogP contribution in [0.4, 0.5) is 8.78 Å². The zero-order chi connectivity index (χ0) is 24.0. The fourth-order valence-corrected chi connectivity index (χ4v) is 3.70. The second-order valence-corrected chi connectivity index (χ2v) is 7.58. The summed E-state index contributed by atoms with van der Waals surface area (Å²) >= 11 is 0. The molecule has 11 heteroatoms. The second-order valence-electron chi connectivity index (χ2n) is 7.58. The van der Waals surface area contributed by atoms with Crippen molar-refractivity contribution in [3.63, 3.8) is 0 Å². The number of halogens is 2. The molecule has 0 saturated heterocycles. The summed E-state index contributed by atoms with van der Waals surface area (Å²) in [5.74, 6) is -1.67. The summed E-state index contributed by atoms with van der Waals surface area (Å²) in [5.41, 5.74) is 1.91. The highest BCUT2D eigenvalue weighted by Gasteiger charge is 2.24. The van der Waals surface area contributed by atoms with E-state index in [1.165, 1.54) is 20.3 Å². The molecule has 0 aliphatic rings. The van der Waals surface area contributed by atoms with E-state index < -0.39 is 11.6 Å². The lowest BCUT2D eigenvalue weighted by Gasteiger charge is -2.14. The second kappa shape index (κ2) is 8.18. The number of aromatic nitrogens is 7. The monoisotopic (exact) mass is 463 g/mol. The predicted molar refractivity (Wildman–Crippen MR) is 120 cm³/mol. The molecule has 172 valence electrons. The van der Waals surface area contributed by atoms with Crippen LogP contribution in [0.3, 0.4) is 0 Å². The number of aryl methyl sites for hydroxylation is 2. The van der Waals surface area contributed by atoms with Gasteiger partial charge in [-0.25, -0.2) is 23.7 Å². The van der Waals surface area contributed by atoms with Crippen molar-refractivity contribution in [1.82, 2.24) is 34.5 Å². The number of pyridine rings is 1. The van der Waals surface area contributed by atoms with Gasteiger partial charge in [-0.1, -0.05) is 0 Å². The lowest BCUT2D eigenvalue weighted by atomic mass is 10.0. The third-order valence-electron chi connectivity index (χ3n) is 5.34. The summed E-state index contributed by atoms with van der Waals surface area (Å²) in [7, 11) is 6.15. The van der Waals surface area contributed by atoms with Crippen LogP contribution in [-0.4, -0.2) is 48.7 Å². The van der Waals surface area contributed by atoms with Gasteiger partial charge in [0.2, 0.25) is 0 Å². The largest absolute Gasteiger partial charge is 0.494 e. The first-order valence-electron chi connectivity index (χ1n) is 10.2. The SMILES string of the molecule is COc1cc(OC)c(F)c(-c2cc3cnc(-c4cnn(C)c4)nc3c(-c3cnn(C)c3)n2)c1F. The molecule has 0 saturated carbocycles. The average molecular weight is 463 g/mol. The Labute approximate surface area is 192 Å². The number of hydrogen-bond donors (Lipinski definition) is 0. The van der Waals surface area contributed by atoms with E-state index in [0.717, 1.165) is 11.6 Å². The van der Waals surface area contributed by atoms with Gasteiger partial charge >= 0.3 is 0 Å². The molecule has 9 nitrogen and oxygen atoms in total. The van der Waals surface area contributed by atoms with Gasteiger partial charge in [-0.3, -0.25) is 9.36 Å². The van der Waals surface area contributed by atoms with Gasteiger partial charge in [0.15, 0.2) is 29.0 Å². The fraction of sp³-hybridized carbons (Fsp3) is 0.174. The Morgan fingerprint density at radius 2 is 1.41 bits per heavy atom. The van der Waals surface area contributed by atoms with E-state index in [9.17, 15) is 0 Å². The molecule has 0 unspecified atom stereocenters. The first kappa shape index (κ1) is 21.4. The predicted octanol–water partition coefficient (Wildman–Crippen LogP) is 3.79. The third-order valence-corrected chi connectivity index (χ3v) is 5.34. The maximum Gasteiger partial charge on any atom is 0.177 e. The molecule has 0 aliphatic heterocycles. The first-order valence-corrected chi connectivity index (χ1v) is 10.2. The summed E-state index contributed by atoms with van der Waals surface area (Å²) in [4.78, 5) is 13.7. The molecule has 0 amide bonds. The maximum atomic E-state index is 15.2. The number of hydrogen-bond acceptors (Lipinski definition) is 7. The van der Waals surface area contributed by atoms with Crippen LogP contribution in [0.25, 0.3) is 44.8 Å². The highest BCUT2D eigenvalue weighted by atomic mass is 19.1. The molecular weight excluding hydrogens is 444 g/mol. The van der Waals surface area contributed by atoms with Gasteiger partial charge in [0.1, 0.15) is 11.2 Å². The fourth-order valence-electron chi connectivity index (χ4n) is 3.70. The Morgan fingerprint density at radius 1 is 0.794 bits per heavy atom. The minimum absolute atomic E-state index is 0.0382. The number of rotatable bonds is 5. The molecule has 5 rings (SSSR count). The van der Waals surface area contributed by atoms with Crippen LogP contribution < -0.4 is 9.47 Å². The van der Waals surface area contributed by atoms with Crippen molar-refractivity contribution in [3.05, 3.63) is 54.8 Å². The molecule has 4 heterocycles. The Hall–Kier alpha value is -4.41. The quantitative estimate of drug-likeness (QED) is 0.392. The minimum atomic E-state index is -0.891. The highest BCUT2D eigenvalue weighted by Crippen LogP contribution is 2.39. The summed E-state index contributed by atoms with van der Waals surface area (Å²) in [6.07, 6.45) is 8.38. The molecule has 0 fully saturated rings. The normalized spacial score (nSPS) is 11.2. The van der Waals surface area contributed by atoms with Crippen LogP contribution in [-0.2, 0) is 14.1 Å². The molecule has 0 atom stereocenters. The van der Waals surface area contributed by atoms with Gasteiger partial charge in [0.25, 0.3) is 0 Å². The van der Waals surface area contributed by atoms with Crippen molar-refractivity contribution >= 4 is 10.9 Å². The summed E-state index contributed by atoms with van der Waals surface area (Å²) in [6.45, 7) is 0. The van der Waals surface area contributed by atoms with Crippen molar-refractivity contribution in [2.75, 3.05) is 14.2 Å². The van der Waals surface area contributed by atoms with Crippen LogP contribution in [0.15, 0.2) is 43.1 Å². The first-order chi connectivity index (χ1) is 16.4. The van der Waals surface area contributed by atoms with E-state index in [0.29, 0.717) is 28.0 Å². The van der Waals surface area contributed by atoms with Crippen molar-refractivity contribution in [3.8, 4) is 45.4 Å². The van der Waals surface area contributed by atoms with Crippen molar-refractivity contribution in [1.29, 1.82) is 0 Å². The van der Waals surface area contributed by atoms with E-state index in [1.54, 1.807) is 54.4 Å². The van der Waals surface area contributed by atoms with Crippen molar-refractivity contribution in [2.24, 2.45) is 14.1 Å². The minimum Gasteiger partial charge on any atom is -0.494 e. The Bertz CT molecular complexity index is 1520. The lowest BCUT2D eigenvalue weighted by Crippen LogP contribution is -2.02. The van der Waals surface area contributed by atoms with Gasteiger partial charge in [-0.15, -0.1) is 0 Å². The molecule has 0 N–H and O–H groups in total. The molecule has 5 aromatic rings. The van der Waals surface area contributed by atoms with Gasteiger partial charge in [0.05, 0.1) is 43.4 Å². The average Bonchev–Trinajstić information content (AvgIpc) is 3.46. The van der Waals surface area contributed by atoms with Gasteiger partial charge in [-0.05, 0) is 6.07 Å². The molecule has 0 aliphatic carbocycles. The third kappa shape index (κ3) is 3.51. The van der Waals surface area contributed by atoms with E-state index in [1.807, 2.05) is 0 Å². The topological polar surface area (TPSA) is 92.8 Å². The number of nitrogens with zero attached hydrogens (tertiary/aromatic N) is 7. The summed E-state index contributed by atoms with van der Waals surface area (Å²) in [6, 6.07) is 2.68. The number of fused-ring (bicyclic) bond motifs is 1. The van der Waals surface area contributed by atoms with Crippen LogP contribution in [0.2, 0.25) is 0 Å². The van der Waals surface area contributed by atoms with Crippen molar-refractivity contribution < 1.29 is 18.3 Å². The molecular formula is C23H19F2N7O2. The van der Waals surface area contributed by atoms with Gasteiger partial charge in [0, 0.05) is 49.7 Å². The molecule has 0 spiro atoms. The Kier molecular flexibility index (Phi) is 5.16. The van der Waals surface area contributed by atoms with Crippen LogP contribution in [0.5, 0.6) is 11.5 Å². The molecule has 0 bridgehead atoms. The van der Waals surface area contributed by atoms with Crippen molar-refractivity contribution in [2.45, 2.75) is 0 Å². The van der Waals surface area contributed by atoms with E-state index in [4.69, 9.17) is 14.5 Å². The maximum absolute atomic E-state index is 15.2. The zero-order valence-electron chi connectivity index (χ0n) is 18.7. The van der Waals surface area contributed by atoms with Crippen LogP contribution in [0.1, 0.15) is 0 Å². The summed E-state index contributed by atoms with van der Waals surface area (Å²) < 4.78 is 43.9. The Balaban J connectivity index is 1.81. The highest BCUT2D eigenvalue weighted by molar-refractivity contribution is 5.94. The van der Waals surface area contributed by atoms with E-state index >= 15 is 8.78 Å². The van der Waals surface area contributed by atoms with Crippen LogP contribution >= 0.6 is 0 Å². The van der Waals surface area contributed by atoms with Gasteiger partial charge < -0.3 is 9.47 Å². The molecule has 0 radical (unpaired) electrons. The molecule has 4 aromatic heterocycles. The Morgan fingerprint density at radius 3 is 1.97 bits per heavy atom. The molecule has 34 heavy (non-hydrogen) atoms. The summed E-state index contributed by atoms with van der Waals surface area (Å²) in [5, 5.41) is 8.91. The standard InChI is InChI=1S/C23H19F2N7O2/c1-31-10-13(8-27-31)22-21-12(7-26-23(30-21)14-9-28-32(2)11-14)5-15(29-22)18-19(24)16(33-3)6-17(34-4)20(18)25/h5-11H,1-4H3. The van der Waals surface area contributed by atoms with E-state index in [2.05, 4.69) is 20.2 Å². The van der Waals surface area contributed by atoms with Crippen LogP contribution in [0, 0.1) is 11.6 Å². The van der Waals surface area contributed by atoms with Gasteiger partial charge in [-0.2, -0.15) is 10.2 Å². The lowest BCUT2D eigenvalue weighted by molar-refractivity contribution is 0.359. The smallest absolute Gasteiger partial charge is 0.177 e. The number of benzene rings is 1. The van der Waals surface area contributed by atoms with E-state index in [-0.39, 0.29) is 22.8 Å². The number of ether oxygens (including phenoxy) is 2. The number of methoxy groups -OCH3 is 2. The molecule has 1 aromatic carbocycles. The zero-order valence-corrected chi connectivity index (χ0v) is 18.7.